The van der Waals surface area contributed by atoms with Crippen LogP contribution in [0.3, 0.4) is 0 Å². The van der Waals surface area contributed by atoms with Crippen LogP contribution in [0.2, 0.25) is 0 Å². The number of anilines is 1. The SMILES string of the molecule is CSCCCNc1ccc(C(F)(F)F)cc1[N+](=O)[O-]. The summed E-state index contributed by atoms with van der Waals surface area (Å²) < 4.78 is 37.4. The molecule has 0 amide bonds. The third kappa shape index (κ3) is 4.62. The Morgan fingerprint density at radius 3 is 2.63 bits per heavy atom. The summed E-state index contributed by atoms with van der Waals surface area (Å²) in [5.74, 6) is 0.876. The number of thioether (sulfide) groups is 1. The van der Waals surface area contributed by atoms with Crippen LogP contribution in [0.1, 0.15) is 12.0 Å². The number of nitro benzene ring substituents is 1. The first-order chi connectivity index (χ1) is 8.86. The van der Waals surface area contributed by atoms with E-state index in [1.807, 2.05) is 6.26 Å². The van der Waals surface area contributed by atoms with Gasteiger partial charge in [-0.3, -0.25) is 10.1 Å². The smallest absolute Gasteiger partial charge is 0.379 e. The second-order valence-corrected chi connectivity index (χ2v) is 4.75. The first kappa shape index (κ1) is 15.6. The van der Waals surface area contributed by atoms with Crippen LogP contribution in [-0.2, 0) is 6.18 Å². The van der Waals surface area contributed by atoms with Gasteiger partial charge in [0.15, 0.2) is 0 Å². The van der Waals surface area contributed by atoms with Crippen LogP contribution in [0, 0.1) is 10.1 Å². The van der Waals surface area contributed by atoms with E-state index in [1.165, 1.54) is 0 Å². The molecule has 0 saturated heterocycles. The molecule has 0 aliphatic rings. The number of halogens is 3. The Morgan fingerprint density at radius 1 is 1.42 bits per heavy atom. The molecule has 0 fully saturated rings. The molecule has 0 atom stereocenters. The van der Waals surface area contributed by atoms with Crippen molar-refractivity contribution in [2.75, 3.05) is 23.9 Å². The number of rotatable bonds is 6. The van der Waals surface area contributed by atoms with Crippen molar-refractivity contribution in [3.05, 3.63) is 33.9 Å². The molecular formula is C11H13F3N2O2S. The van der Waals surface area contributed by atoms with E-state index in [-0.39, 0.29) is 5.69 Å². The van der Waals surface area contributed by atoms with Gasteiger partial charge in [-0.2, -0.15) is 24.9 Å². The van der Waals surface area contributed by atoms with Crippen molar-refractivity contribution in [3.63, 3.8) is 0 Å². The molecule has 0 saturated carbocycles. The summed E-state index contributed by atoms with van der Waals surface area (Å²) >= 11 is 1.63. The maximum Gasteiger partial charge on any atom is 0.416 e. The Morgan fingerprint density at radius 2 is 2.11 bits per heavy atom. The molecule has 19 heavy (non-hydrogen) atoms. The molecule has 0 spiro atoms. The second-order valence-electron chi connectivity index (χ2n) is 3.76. The Balaban J connectivity index is 2.90. The van der Waals surface area contributed by atoms with Gasteiger partial charge in [-0.25, -0.2) is 0 Å². The van der Waals surface area contributed by atoms with E-state index >= 15 is 0 Å². The molecule has 0 radical (unpaired) electrons. The van der Waals surface area contributed by atoms with Crippen LogP contribution in [0.15, 0.2) is 18.2 Å². The lowest BCUT2D eigenvalue weighted by atomic mass is 10.1. The Hall–Kier alpha value is -1.44. The maximum atomic E-state index is 12.5. The molecule has 1 rings (SSSR count). The Kier molecular flexibility index (Phi) is 5.46. The first-order valence-electron chi connectivity index (χ1n) is 5.44. The third-order valence-corrected chi connectivity index (χ3v) is 3.06. The normalized spacial score (nSPS) is 11.4. The van der Waals surface area contributed by atoms with E-state index in [9.17, 15) is 23.3 Å². The minimum atomic E-state index is -4.58. The van der Waals surface area contributed by atoms with Crippen LogP contribution in [0.25, 0.3) is 0 Å². The number of alkyl halides is 3. The highest BCUT2D eigenvalue weighted by atomic mass is 32.2. The lowest BCUT2D eigenvalue weighted by molar-refractivity contribution is -0.384. The fraction of sp³-hybridized carbons (Fsp3) is 0.455. The average molecular weight is 294 g/mol. The molecule has 1 N–H and O–H groups in total. The molecule has 1 aromatic rings. The monoisotopic (exact) mass is 294 g/mol. The number of nitro groups is 1. The molecule has 106 valence electrons. The van der Waals surface area contributed by atoms with Gasteiger partial charge in [0.1, 0.15) is 5.69 Å². The zero-order valence-corrected chi connectivity index (χ0v) is 11.0. The van der Waals surface area contributed by atoms with Crippen LogP contribution in [0.5, 0.6) is 0 Å². The zero-order chi connectivity index (χ0) is 14.5. The largest absolute Gasteiger partial charge is 0.416 e. The quantitative estimate of drug-likeness (QED) is 0.493. The Bertz CT molecular complexity index is 452. The van der Waals surface area contributed by atoms with E-state index in [1.54, 1.807) is 11.8 Å². The molecule has 0 aromatic heterocycles. The van der Waals surface area contributed by atoms with Crippen molar-refractivity contribution in [3.8, 4) is 0 Å². The van der Waals surface area contributed by atoms with Crippen LogP contribution in [-0.4, -0.2) is 23.5 Å². The van der Waals surface area contributed by atoms with Crippen molar-refractivity contribution in [1.82, 2.24) is 0 Å². The lowest BCUT2D eigenvalue weighted by Crippen LogP contribution is -2.09. The van der Waals surface area contributed by atoms with Crippen LogP contribution in [0.4, 0.5) is 24.5 Å². The molecule has 1 aromatic carbocycles. The Labute approximate surface area is 112 Å². The third-order valence-electron chi connectivity index (χ3n) is 2.36. The zero-order valence-electron chi connectivity index (χ0n) is 10.2. The standard InChI is InChI=1S/C11H13F3N2O2S/c1-19-6-2-5-15-9-4-3-8(11(12,13)14)7-10(9)16(17)18/h3-4,7,15H,2,5-6H2,1H3. The fourth-order valence-corrected chi connectivity index (χ4v) is 1.88. The predicted octanol–water partition coefficient (Wildman–Crippen LogP) is 3.78. The van der Waals surface area contributed by atoms with Gasteiger partial charge in [0.25, 0.3) is 5.69 Å². The number of hydrogen-bond donors (Lipinski definition) is 1. The van der Waals surface area contributed by atoms with Gasteiger partial charge in [0.2, 0.25) is 0 Å². The van der Waals surface area contributed by atoms with E-state index in [0.29, 0.717) is 12.6 Å². The minimum absolute atomic E-state index is 0.110. The van der Waals surface area contributed by atoms with E-state index in [0.717, 1.165) is 24.3 Å². The molecule has 0 heterocycles. The summed E-state index contributed by atoms with van der Waals surface area (Å²) in [6, 6.07) is 2.49. The van der Waals surface area contributed by atoms with Gasteiger partial charge in [-0.1, -0.05) is 0 Å². The van der Waals surface area contributed by atoms with Gasteiger partial charge in [0, 0.05) is 12.6 Å². The van der Waals surface area contributed by atoms with Crippen molar-refractivity contribution in [2.24, 2.45) is 0 Å². The number of nitrogens with one attached hydrogen (secondary N) is 1. The molecule has 0 bridgehead atoms. The van der Waals surface area contributed by atoms with Crippen molar-refractivity contribution in [1.29, 1.82) is 0 Å². The highest BCUT2D eigenvalue weighted by molar-refractivity contribution is 7.98. The topological polar surface area (TPSA) is 55.2 Å². The maximum absolute atomic E-state index is 12.5. The summed E-state index contributed by atoms with van der Waals surface area (Å²) in [5, 5.41) is 13.6. The van der Waals surface area contributed by atoms with E-state index in [2.05, 4.69) is 5.32 Å². The molecule has 0 unspecified atom stereocenters. The lowest BCUT2D eigenvalue weighted by Gasteiger charge is -2.10. The van der Waals surface area contributed by atoms with Gasteiger partial charge >= 0.3 is 6.18 Å². The first-order valence-corrected chi connectivity index (χ1v) is 6.84. The second kappa shape index (κ2) is 6.65. The van der Waals surface area contributed by atoms with Gasteiger partial charge in [-0.15, -0.1) is 0 Å². The molecule has 8 heteroatoms. The molecular weight excluding hydrogens is 281 g/mol. The van der Waals surface area contributed by atoms with Gasteiger partial charge in [0.05, 0.1) is 10.5 Å². The highest BCUT2D eigenvalue weighted by Crippen LogP contribution is 2.34. The molecule has 0 aliphatic carbocycles. The summed E-state index contributed by atoms with van der Waals surface area (Å²) in [6.07, 6.45) is -1.87. The summed E-state index contributed by atoms with van der Waals surface area (Å²) in [7, 11) is 0. The fourth-order valence-electron chi connectivity index (χ4n) is 1.45. The van der Waals surface area contributed by atoms with Gasteiger partial charge < -0.3 is 5.32 Å². The number of benzene rings is 1. The van der Waals surface area contributed by atoms with Gasteiger partial charge in [-0.05, 0) is 30.6 Å². The van der Waals surface area contributed by atoms with Crippen molar-refractivity contribution < 1.29 is 18.1 Å². The summed E-state index contributed by atoms with van der Waals surface area (Å²) in [4.78, 5) is 9.97. The summed E-state index contributed by atoms with van der Waals surface area (Å²) in [5.41, 5.74) is -1.47. The van der Waals surface area contributed by atoms with Crippen LogP contribution < -0.4 is 5.32 Å². The predicted molar refractivity (Wildman–Crippen MR) is 69.6 cm³/mol. The van der Waals surface area contributed by atoms with E-state index in [4.69, 9.17) is 0 Å². The van der Waals surface area contributed by atoms with Crippen molar-refractivity contribution >= 4 is 23.1 Å². The van der Waals surface area contributed by atoms with E-state index < -0.39 is 22.4 Å². The molecule has 4 nitrogen and oxygen atoms in total. The summed E-state index contributed by atoms with van der Waals surface area (Å²) in [6.45, 7) is 0.479. The van der Waals surface area contributed by atoms with Crippen LogP contribution >= 0.6 is 11.8 Å². The van der Waals surface area contributed by atoms with Crippen molar-refractivity contribution in [2.45, 2.75) is 12.6 Å². The number of nitrogens with zero attached hydrogens (tertiary/aromatic N) is 1. The molecule has 0 aliphatic heterocycles. The highest BCUT2D eigenvalue weighted by Gasteiger charge is 2.32. The minimum Gasteiger partial charge on any atom is -0.379 e. The number of hydrogen-bond acceptors (Lipinski definition) is 4. The average Bonchev–Trinajstić information content (AvgIpc) is 2.33.